The van der Waals surface area contributed by atoms with Crippen molar-refractivity contribution in [3.63, 3.8) is 0 Å². The topological polar surface area (TPSA) is 69.9 Å². The van der Waals surface area contributed by atoms with Crippen LogP contribution in [0.4, 0.5) is 0 Å². The van der Waals surface area contributed by atoms with Gasteiger partial charge in [0.2, 0.25) is 0 Å². The van der Waals surface area contributed by atoms with Crippen molar-refractivity contribution in [1.29, 1.82) is 0 Å². The summed E-state index contributed by atoms with van der Waals surface area (Å²) in [5.41, 5.74) is 0.681. The Morgan fingerprint density at radius 2 is 1.81 bits per heavy atom. The van der Waals surface area contributed by atoms with Gasteiger partial charge in [-0.25, -0.2) is 0 Å². The Morgan fingerprint density at radius 1 is 1.07 bits per heavy atom. The van der Waals surface area contributed by atoms with Crippen molar-refractivity contribution in [2.24, 2.45) is 0 Å². The van der Waals surface area contributed by atoms with Gasteiger partial charge < -0.3 is 23.9 Å². The summed E-state index contributed by atoms with van der Waals surface area (Å²) in [5, 5.41) is 3.81. The number of carbonyl (C=O) groups is 1. The molecule has 1 N–H and O–H groups in total. The van der Waals surface area contributed by atoms with E-state index < -0.39 is 0 Å². The summed E-state index contributed by atoms with van der Waals surface area (Å²) in [6.45, 7) is 4.23. The van der Waals surface area contributed by atoms with Gasteiger partial charge in [-0.05, 0) is 38.1 Å². The van der Waals surface area contributed by atoms with Crippen molar-refractivity contribution in [2.75, 3.05) is 20.3 Å². The van der Waals surface area contributed by atoms with E-state index in [1.165, 1.54) is 0 Å². The fraction of sp³-hybridized carbons (Fsp3) is 0.286. The van der Waals surface area contributed by atoms with Crippen LogP contribution in [0.15, 0.2) is 52.9 Å². The SMILES string of the molecule is CCOc1cccc2cc(C(C)NC(=O)COc3ccccc3OC)oc12. The second kappa shape index (κ2) is 8.49. The molecule has 0 fully saturated rings. The van der Waals surface area contributed by atoms with Crippen molar-refractivity contribution in [2.45, 2.75) is 19.9 Å². The summed E-state index contributed by atoms with van der Waals surface area (Å²) in [5.74, 6) is 2.20. The maximum atomic E-state index is 12.2. The van der Waals surface area contributed by atoms with Gasteiger partial charge in [0.15, 0.2) is 29.4 Å². The highest BCUT2D eigenvalue weighted by Gasteiger charge is 2.17. The molecule has 0 aliphatic carbocycles. The molecule has 1 heterocycles. The summed E-state index contributed by atoms with van der Waals surface area (Å²) in [6.07, 6.45) is 0. The lowest BCUT2D eigenvalue weighted by molar-refractivity contribution is -0.123. The van der Waals surface area contributed by atoms with Gasteiger partial charge in [0.25, 0.3) is 5.91 Å². The van der Waals surface area contributed by atoms with E-state index in [9.17, 15) is 4.79 Å². The number of carbonyl (C=O) groups excluding carboxylic acids is 1. The molecule has 1 amide bonds. The molecule has 6 heteroatoms. The van der Waals surface area contributed by atoms with Crippen LogP contribution in [0.1, 0.15) is 25.6 Å². The van der Waals surface area contributed by atoms with E-state index in [4.69, 9.17) is 18.6 Å². The lowest BCUT2D eigenvalue weighted by Gasteiger charge is -2.13. The predicted octanol–water partition coefficient (Wildman–Crippen LogP) is 4.10. The summed E-state index contributed by atoms with van der Waals surface area (Å²) in [6, 6.07) is 14.5. The van der Waals surface area contributed by atoms with Crippen LogP contribution in [0.2, 0.25) is 0 Å². The third-order valence-corrected chi connectivity index (χ3v) is 4.06. The molecule has 1 unspecified atom stereocenters. The fourth-order valence-corrected chi connectivity index (χ4v) is 2.77. The van der Waals surface area contributed by atoms with Crippen LogP contribution in [-0.2, 0) is 4.79 Å². The minimum absolute atomic E-state index is 0.116. The third-order valence-electron chi connectivity index (χ3n) is 4.06. The molecule has 0 radical (unpaired) electrons. The Balaban J connectivity index is 1.64. The number of amides is 1. The molecule has 0 aliphatic heterocycles. The molecule has 27 heavy (non-hydrogen) atoms. The van der Waals surface area contributed by atoms with Crippen molar-refractivity contribution in [1.82, 2.24) is 5.32 Å². The predicted molar refractivity (Wildman–Crippen MR) is 102 cm³/mol. The summed E-state index contributed by atoms with van der Waals surface area (Å²) in [7, 11) is 1.56. The van der Waals surface area contributed by atoms with Crippen LogP contribution in [0, 0.1) is 0 Å². The zero-order valence-corrected chi connectivity index (χ0v) is 15.7. The zero-order chi connectivity index (χ0) is 19.2. The molecule has 0 saturated heterocycles. The zero-order valence-electron chi connectivity index (χ0n) is 15.7. The maximum Gasteiger partial charge on any atom is 0.258 e. The molecule has 1 atom stereocenters. The van der Waals surface area contributed by atoms with Crippen LogP contribution in [0.3, 0.4) is 0 Å². The number of rotatable bonds is 8. The molecular formula is C21H23NO5. The number of nitrogens with one attached hydrogen (secondary N) is 1. The standard InChI is InChI=1S/C21H23NO5/c1-4-25-18-11-7-8-15-12-19(27-21(15)18)14(2)22-20(23)13-26-17-10-6-5-9-16(17)24-3/h5-12,14H,4,13H2,1-3H3,(H,22,23). The number of fused-ring (bicyclic) bond motifs is 1. The molecule has 0 aliphatic rings. The average molecular weight is 369 g/mol. The Morgan fingerprint density at radius 3 is 2.56 bits per heavy atom. The highest BCUT2D eigenvalue weighted by atomic mass is 16.5. The molecule has 1 aromatic heterocycles. The number of para-hydroxylation sites is 3. The second-order valence-corrected chi connectivity index (χ2v) is 5.99. The Labute approximate surface area is 158 Å². The van der Waals surface area contributed by atoms with Gasteiger partial charge in [0, 0.05) is 5.39 Å². The van der Waals surface area contributed by atoms with Gasteiger partial charge in [-0.15, -0.1) is 0 Å². The van der Waals surface area contributed by atoms with E-state index in [1.54, 1.807) is 19.2 Å². The Bertz CT molecular complexity index is 918. The summed E-state index contributed by atoms with van der Waals surface area (Å²) < 4.78 is 22.3. The first-order chi connectivity index (χ1) is 13.1. The van der Waals surface area contributed by atoms with Gasteiger partial charge in [-0.1, -0.05) is 24.3 Å². The van der Waals surface area contributed by atoms with E-state index in [2.05, 4.69) is 5.32 Å². The lowest BCUT2D eigenvalue weighted by atomic mass is 10.2. The van der Waals surface area contributed by atoms with Crippen LogP contribution in [0.5, 0.6) is 17.2 Å². The largest absolute Gasteiger partial charge is 0.493 e. The van der Waals surface area contributed by atoms with Gasteiger partial charge in [-0.3, -0.25) is 4.79 Å². The number of ether oxygens (including phenoxy) is 3. The van der Waals surface area contributed by atoms with E-state index in [0.29, 0.717) is 35.2 Å². The highest BCUT2D eigenvalue weighted by molar-refractivity contribution is 5.84. The molecule has 0 saturated carbocycles. The van der Waals surface area contributed by atoms with Crippen LogP contribution in [-0.4, -0.2) is 26.2 Å². The van der Waals surface area contributed by atoms with E-state index >= 15 is 0 Å². The smallest absolute Gasteiger partial charge is 0.258 e. The lowest BCUT2D eigenvalue weighted by Crippen LogP contribution is -2.31. The molecule has 0 bridgehead atoms. The monoisotopic (exact) mass is 369 g/mol. The minimum atomic E-state index is -0.305. The first-order valence-electron chi connectivity index (χ1n) is 8.82. The van der Waals surface area contributed by atoms with E-state index in [0.717, 1.165) is 5.39 Å². The number of benzene rings is 2. The Hall–Kier alpha value is -3.15. The molecular weight excluding hydrogens is 346 g/mol. The molecule has 0 spiro atoms. The quantitative estimate of drug-likeness (QED) is 0.647. The highest BCUT2D eigenvalue weighted by Crippen LogP contribution is 2.31. The van der Waals surface area contributed by atoms with E-state index in [1.807, 2.05) is 50.2 Å². The van der Waals surface area contributed by atoms with Crippen molar-refractivity contribution < 1.29 is 23.4 Å². The number of hydrogen-bond donors (Lipinski definition) is 1. The average Bonchev–Trinajstić information content (AvgIpc) is 3.12. The first-order valence-corrected chi connectivity index (χ1v) is 8.82. The fourth-order valence-electron chi connectivity index (χ4n) is 2.77. The van der Waals surface area contributed by atoms with Gasteiger partial charge >= 0.3 is 0 Å². The molecule has 3 rings (SSSR count). The van der Waals surface area contributed by atoms with Gasteiger partial charge in [-0.2, -0.15) is 0 Å². The van der Waals surface area contributed by atoms with Crippen molar-refractivity contribution in [3.8, 4) is 17.2 Å². The number of hydrogen-bond acceptors (Lipinski definition) is 5. The summed E-state index contributed by atoms with van der Waals surface area (Å²) in [4.78, 5) is 12.2. The van der Waals surface area contributed by atoms with E-state index in [-0.39, 0.29) is 18.6 Å². The number of methoxy groups -OCH3 is 1. The van der Waals surface area contributed by atoms with Crippen LogP contribution in [0.25, 0.3) is 11.0 Å². The third kappa shape index (κ3) is 4.34. The molecule has 3 aromatic rings. The van der Waals surface area contributed by atoms with Crippen LogP contribution >= 0.6 is 0 Å². The normalized spacial score (nSPS) is 11.8. The molecule has 2 aromatic carbocycles. The van der Waals surface area contributed by atoms with Crippen molar-refractivity contribution >= 4 is 16.9 Å². The van der Waals surface area contributed by atoms with Crippen molar-refractivity contribution in [3.05, 3.63) is 54.3 Å². The number of furan rings is 1. The van der Waals surface area contributed by atoms with Gasteiger partial charge in [0.1, 0.15) is 5.76 Å². The minimum Gasteiger partial charge on any atom is -0.493 e. The van der Waals surface area contributed by atoms with Crippen LogP contribution < -0.4 is 19.5 Å². The molecule has 142 valence electrons. The first kappa shape index (κ1) is 18.6. The summed E-state index contributed by atoms with van der Waals surface area (Å²) >= 11 is 0. The Kier molecular flexibility index (Phi) is 5.86. The maximum absolute atomic E-state index is 12.2. The second-order valence-electron chi connectivity index (χ2n) is 5.99. The molecule has 6 nitrogen and oxygen atoms in total. The van der Waals surface area contributed by atoms with Gasteiger partial charge in [0.05, 0.1) is 19.8 Å².